The minimum absolute atomic E-state index is 0.286. The fourth-order valence-corrected chi connectivity index (χ4v) is 1.96. The fourth-order valence-electron chi connectivity index (χ4n) is 1.31. The molecule has 2 rings (SSSR count). The zero-order valence-corrected chi connectivity index (χ0v) is 11.9. The van der Waals surface area contributed by atoms with Crippen molar-refractivity contribution in [2.45, 2.75) is 6.92 Å². The SMILES string of the molecule is Cc1ccc(Br)cc1Nc1cc(Cl)nnc1Cl. The van der Waals surface area contributed by atoms with Gasteiger partial charge in [-0.25, -0.2) is 0 Å². The van der Waals surface area contributed by atoms with Gasteiger partial charge in [-0.3, -0.25) is 0 Å². The topological polar surface area (TPSA) is 37.8 Å². The van der Waals surface area contributed by atoms with Gasteiger partial charge in [0.25, 0.3) is 0 Å². The van der Waals surface area contributed by atoms with Crippen molar-refractivity contribution in [2.24, 2.45) is 0 Å². The number of halogens is 3. The first kappa shape index (κ1) is 12.6. The van der Waals surface area contributed by atoms with Crippen molar-refractivity contribution in [1.82, 2.24) is 10.2 Å². The molecule has 1 aromatic heterocycles. The summed E-state index contributed by atoms with van der Waals surface area (Å²) < 4.78 is 0.981. The Bertz CT molecular complexity index is 511. The van der Waals surface area contributed by atoms with E-state index in [-0.39, 0.29) is 5.15 Å². The normalized spacial score (nSPS) is 10.4. The zero-order chi connectivity index (χ0) is 12.4. The molecule has 0 fully saturated rings. The Morgan fingerprint density at radius 3 is 2.65 bits per heavy atom. The van der Waals surface area contributed by atoms with E-state index in [1.54, 1.807) is 6.07 Å². The summed E-state index contributed by atoms with van der Waals surface area (Å²) in [6.45, 7) is 2.00. The number of aromatic nitrogens is 2. The van der Waals surface area contributed by atoms with Crippen LogP contribution in [0.4, 0.5) is 11.4 Å². The number of aryl methyl sites for hydroxylation is 1. The highest BCUT2D eigenvalue weighted by Crippen LogP contribution is 2.28. The van der Waals surface area contributed by atoms with E-state index < -0.39 is 0 Å². The molecule has 0 saturated carbocycles. The van der Waals surface area contributed by atoms with Crippen LogP contribution in [0.2, 0.25) is 10.3 Å². The Labute approximate surface area is 117 Å². The van der Waals surface area contributed by atoms with Crippen LogP contribution in [0.25, 0.3) is 0 Å². The third kappa shape index (κ3) is 3.09. The number of hydrogen-bond donors (Lipinski definition) is 1. The van der Waals surface area contributed by atoms with Gasteiger partial charge in [0.05, 0.1) is 5.69 Å². The summed E-state index contributed by atoms with van der Waals surface area (Å²) in [5.74, 6) is 0. The quantitative estimate of drug-likeness (QED) is 0.873. The van der Waals surface area contributed by atoms with Crippen LogP contribution in [0.5, 0.6) is 0 Å². The van der Waals surface area contributed by atoms with Crippen LogP contribution in [-0.4, -0.2) is 10.2 Å². The molecular weight excluding hydrogens is 325 g/mol. The highest BCUT2D eigenvalue weighted by molar-refractivity contribution is 9.10. The highest BCUT2D eigenvalue weighted by Gasteiger charge is 2.06. The molecular formula is C11H8BrCl2N3. The monoisotopic (exact) mass is 331 g/mol. The van der Waals surface area contributed by atoms with Gasteiger partial charge in [-0.1, -0.05) is 45.2 Å². The van der Waals surface area contributed by atoms with Gasteiger partial charge >= 0.3 is 0 Å². The van der Waals surface area contributed by atoms with Crippen molar-refractivity contribution < 1.29 is 0 Å². The average molecular weight is 333 g/mol. The van der Waals surface area contributed by atoms with Crippen molar-refractivity contribution in [3.05, 3.63) is 44.6 Å². The minimum Gasteiger partial charge on any atom is -0.353 e. The van der Waals surface area contributed by atoms with Crippen LogP contribution in [-0.2, 0) is 0 Å². The first-order chi connectivity index (χ1) is 8.06. The summed E-state index contributed by atoms with van der Waals surface area (Å²) in [4.78, 5) is 0. The number of hydrogen-bond acceptors (Lipinski definition) is 3. The molecule has 0 aliphatic rings. The lowest BCUT2D eigenvalue weighted by Gasteiger charge is -2.10. The molecule has 0 amide bonds. The van der Waals surface area contributed by atoms with Crippen LogP contribution in [0.3, 0.4) is 0 Å². The largest absolute Gasteiger partial charge is 0.353 e. The van der Waals surface area contributed by atoms with Crippen LogP contribution < -0.4 is 5.32 Å². The van der Waals surface area contributed by atoms with Crippen LogP contribution in [0.1, 0.15) is 5.56 Å². The zero-order valence-electron chi connectivity index (χ0n) is 8.84. The average Bonchev–Trinajstić information content (AvgIpc) is 2.28. The van der Waals surface area contributed by atoms with Crippen LogP contribution >= 0.6 is 39.1 Å². The molecule has 3 nitrogen and oxygen atoms in total. The lowest BCUT2D eigenvalue weighted by Crippen LogP contribution is -1.96. The maximum atomic E-state index is 5.93. The molecule has 0 aliphatic heterocycles. The van der Waals surface area contributed by atoms with Gasteiger partial charge in [-0.15, -0.1) is 10.2 Å². The highest BCUT2D eigenvalue weighted by atomic mass is 79.9. The van der Waals surface area contributed by atoms with Gasteiger partial charge in [0.15, 0.2) is 10.3 Å². The van der Waals surface area contributed by atoms with E-state index in [0.717, 1.165) is 15.7 Å². The number of rotatable bonds is 2. The van der Waals surface area contributed by atoms with Gasteiger partial charge in [-0.05, 0) is 24.6 Å². The second-order valence-corrected chi connectivity index (χ2v) is 5.12. The number of nitrogens with zero attached hydrogens (tertiary/aromatic N) is 2. The maximum absolute atomic E-state index is 5.93. The summed E-state index contributed by atoms with van der Waals surface area (Å²) in [5, 5.41) is 11.1. The van der Waals surface area contributed by atoms with Gasteiger partial charge < -0.3 is 5.32 Å². The molecule has 0 unspecified atom stereocenters. The van der Waals surface area contributed by atoms with E-state index in [1.165, 1.54) is 0 Å². The molecule has 6 heteroatoms. The molecule has 88 valence electrons. The van der Waals surface area contributed by atoms with Gasteiger partial charge in [0.1, 0.15) is 0 Å². The van der Waals surface area contributed by atoms with Crippen LogP contribution in [0.15, 0.2) is 28.7 Å². The van der Waals surface area contributed by atoms with Gasteiger partial charge in [-0.2, -0.15) is 0 Å². The summed E-state index contributed by atoms with van der Waals surface area (Å²) in [7, 11) is 0. The van der Waals surface area contributed by atoms with Crippen molar-refractivity contribution in [2.75, 3.05) is 5.32 Å². The standard InChI is InChI=1S/C11H8BrCl2N3/c1-6-2-3-7(12)4-8(6)15-9-5-10(13)16-17-11(9)14/h2-5H,1H3,(H,15,16). The lowest BCUT2D eigenvalue weighted by molar-refractivity contribution is 1.03. The van der Waals surface area contributed by atoms with Gasteiger partial charge in [0.2, 0.25) is 0 Å². The van der Waals surface area contributed by atoms with E-state index in [2.05, 4.69) is 31.4 Å². The Morgan fingerprint density at radius 1 is 1.12 bits per heavy atom. The third-order valence-electron chi connectivity index (χ3n) is 2.19. The first-order valence-electron chi connectivity index (χ1n) is 4.78. The van der Waals surface area contributed by atoms with Crippen molar-refractivity contribution in [3.8, 4) is 0 Å². The Morgan fingerprint density at radius 2 is 1.88 bits per heavy atom. The summed E-state index contributed by atoms with van der Waals surface area (Å²) in [6, 6.07) is 7.56. The molecule has 2 aromatic rings. The van der Waals surface area contributed by atoms with E-state index in [4.69, 9.17) is 23.2 Å². The fraction of sp³-hybridized carbons (Fsp3) is 0.0909. The summed E-state index contributed by atoms with van der Waals surface area (Å²) in [5.41, 5.74) is 2.66. The Kier molecular flexibility index (Phi) is 3.86. The Balaban J connectivity index is 2.37. The molecule has 0 bridgehead atoms. The first-order valence-corrected chi connectivity index (χ1v) is 6.33. The van der Waals surface area contributed by atoms with E-state index in [9.17, 15) is 0 Å². The molecule has 1 N–H and O–H groups in total. The Hall–Kier alpha value is -0.840. The number of anilines is 2. The van der Waals surface area contributed by atoms with E-state index in [0.29, 0.717) is 10.8 Å². The predicted molar refractivity (Wildman–Crippen MR) is 74.2 cm³/mol. The second-order valence-electron chi connectivity index (χ2n) is 3.46. The van der Waals surface area contributed by atoms with E-state index in [1.807, 2.05) is 25.1 Å². The molecule has 0 saturated heterocycles. The third-order valence-corrected chi connectivity index (χ3v) is 3.15. The molecule has 0 radical (unpaired) electrons. The molecule has 1 heterocycles. The predicted octanol–water partition coefficient (Wildman–Crippen LogP) is 4.60. The van der Waals surface area contributed by atoms with Crippen molar-refractivity contribution >= 4 is 50.5 Å². The summed E-state index contributed by atoms with van der Waals surface area (Å²) in [6.07, 6.45) is 0. The smallest absolute Gasteiger partial charge is 0.175 e. The molecule has 0 spiro atoms. The molecule has 0 aliphatic carbocycles. The molecule has 17 heavy (non-hydrogen) atoms. The van der Waals surface area contributed by atoms with Crippen molar-refractivity contribution in [3.63, 3.8) is 0 Å². The molecule has 0 atom stereocenters. The summed E-state index contributed by atoms with van der Waals surface area (Å²) >= 11 is 15.1. The molecule has 1 aromatic carbocycles. The maximum Gasteiger partial charge on any atom is 0.175 e. The minimum atomic E-state index is 0.286. The van der Waals surface area contributed by atoms with Crippen LogP contribution in [0, 0.1) is 6.92 Å². The van der Waals surface area contributed by atoms with Gasteiger partial charge in [0, 0.05) is 16.2 Å². The number of benzene rings is 1. The number of nitrogens with one attached hydrogen (secondary N) is 1. The van der Waals surface area contributed by atoms with Crippen molar-refractivity contribution in [1.29, 1.82) is 0 Å². The lowest BCUT2D eigenvalue weighted by atomic mass is 10.2. The van der Waals surface area contributed by atoms with E-state index >= 15 is 0 Å². The second kappa shape index (κ2) is 5.21.